The monoisotopic (exact) mass is 286 g/mol. The van der Waals surface area contributed by atoms with E-state index in [2.05, 4.69) is 4.74 Å². The molecule has 1 rings (SSSR count). The first-order valence-corrected chi connectivity index (χ1v) is 5.74. The van der Waals surface area contributed by atoms with Gasteiger partial charge < -0.3 is 29.2 Å². The largest absolute Gasteiger partial charge is 0.496 e. The van der Waals surface area contributed by atoms with Gasteiger partial charge in [0, 0.05) is 11.6 Å². The van der Waals surface area contributed by atoms with Gasteiger partial charge in [-0.3, -0.25) is 0 Å². The number of esters is 1. The normalized spacial score (nSPS) is 13.3. The van der Waals surface area contributed by atoms with E-state index in [1.165, 1.54) is 33.5 Å². The minimum absolute atomic E-state index is 0.183. The van der Waals surface area contributed by atoms with Gasteiger partial charge in [-0.2, -0.15) is 0 Å². The van der Waals surface area contributed by atoms with Crippen LogP contribution in [0.2, 0.25) is 0 Å². The van der Waals surface area contributed by atoms with Crippen LogP contribution in [-0.4, -0.2) is 50.7 Å². The van der Waals surface area contributed by atoms with Gasteiger partial charge in [-0.25, -0.2) is 4.79 Å². The Morgan fingerprint density at radius 3 is 1.90 bits per heavy atom. The van der Waals surface area contributed by atoms with Gasteiger partial charge in [-0.1, -0.05) is 0 Å². The predicted octanol–water partition coefficient (Wildman–Crippen LogP) is 0.280. The number of aliphatic hydroxyl groups excluding tert-OH is 2. The molecule has 2 unspecified atom stereocenters. The lowest BCUT2D eigenvalue weighted by molar-refractivity contribution is -0.156. The smallest absolute Gasteiger partial charge is 0.337 e. The molecule has 0 aliphatic rings. The molecule has 0 aliphatic heterocycles. The maximum Gasteiger partial charge on any atom is 0.337 e. The van der Waals surface area contributed by atoms with Gasteiger partial charge in [0.2, 0.25) is 0 Å². The molecule has 0 fully saturated rings. The Morgan fingerprint density at radius 1 is 0.950 bits per heavy atom. The molecule has 2 atom stereocenters. The fraction of sp³-hybridized carbons (Fsp3) is 0.462. The second-order valence-corrected chi connectivity index (χ2v) is 3.86. The van der Waals surface area contributed by atoms with E-state index in [0.29, 0.717) is 11.5 Å². The number of benzene rings is 1. The summed E-state index contributed by atoms with van der Waals surface area (Å²) in [4.78, 5) is 11.3. The van der Waals surface area contributed by atoms with E-state index >= 15 is 0 Å². The van der Waals surface area contributed by atoms with Crippen molar-refractivity contribution in [2.24, 2.45) is 0 Å². The standard InChI is InChI=1S/C13H18O7/c1-17-8-6-10(19-3)9(18-2)5-7(8)11(14)12(15)13(16)20-4/h5-6,11-12,14-15H,1-4H3. The van der Waals surface area contributed by atoms with Gasteiger partial charge in [0.1, 0.15) is 11.9 Å². The number of methoxy groups -OCH3 is 4. The Balaban J connectivity index is 3.25. The topological polar surface area (TPSA) is 94.5 Å². The molecule has 0 saturated carbocycles. The maximum absolute atomic E-state index is 11.3. The van der Waals surface area contributed by atoms with Gasteiger partial charge in [-0.15, -0.1) is 0 Å². The van der Waals surface area contributed by atoms with Crippen LogP contribution in [0.3, 0.4) is 0 Å². The zero-order chi connectivity index (χ0) is 15.3. The van der Waals surface area contributed by atoms with Crippen molar-refractivity contribution in [1.82, 2.24) is 0 Å². The first-order valence-electron chi connectivity index (χ1n) is 5.74. The van der Waals surface area contributed by atoms with Crippen LogP contribution in [0.5, 0.6) is 17.2 Å². The third-order valence-electron chi connectivity index (χ3n) is 2.80. The lowest BCUT2D eigenvalue weighted by Gasteiger charge is -2.20. The van der Waals surface area contributed by atoms with Crippen molar-refractivity contribution in [1.29, 1.82) is 0 Å². The van der Waals surface area contributed by atoms with Gasteiger partial charge >= 0.3 is 5.97 Å². The van der Waals surface area contributed by atoms with Gasteiger partial charge in [0.25, 0.3) is 0 Å². The van der Waals surface area contributed by atoms with Crippen molar-refractivity contribution in [2.45, 2.75) is 12.2 Å². The Labute approximate surface area is 116 Å². The van der Waals surface area contributed by atoms with Crippen LogP contribution in [-0.2, 0) is 9.53 Å². The molecule has 112 valence electrons. The molecule has 20 heavy (non-hydrogen) atoms. The van der Waals surface area contributed by atoms with Crippen LogP contribution in [0.25, 0.3) is 0 Å². The highest BCUT2D eigenvalue weighted by Gasteiger charge is 2.30. The molecule has 0 amide bonds. The van der Waals surface area contributed by atoms with Gasteiger partial charge in [0.15, 0.2) is 17.6 Å². The van der Waals surface area contributed by atoms with E-state index in [1.807, 2.05) is 0 Å². The van der Waals surface area contributed by atoms with Crippen molar-refractivity contribution in [3.63, 3.8) is 0 Å². The molecule has 0 bridgehead atoms. The molecule has 2 N–H and O–H groups in total. The highest BCUT2D eigenvalue weighted by atomic mass is 16.5. The Hall–Kier alpha value is -1.99. The molecular weight excluding hydrogens is 268 g/mol. The fourth-order valence-corrected chi connectivity index (χ4v) is 1.70. The molecular formula is C13H18O7. The predicted molar refractivity (Wildman–Crippen MR) is 69.1 cm³/mol. The van der Waals surface area contributed by atoms with Crippen molar-refractivity contribution in [3.8, 4) is 17.2 Å². The van der Waals surface area contributed by atoms with Crippen molar-refractivity contribution in [2.75, 3.05) is 28.4 Å². The second-order valence-electron chi connectivity index (χ2n) is 3.86. The summed E-state index contributed by atoms with van der Waals surface area (Å²) >= 11 is 0. The van der Waals surface area contributed by atoms with E-state index in [1.54, 1.807) is 0 Å². The summed E-state index contributed by atoms with van der Waals surface area (Å²) in [6, 6.07) is 2.91. The minimum Gasteiger partial charge on any atom is -0.496 e. The molecule has 0 aromatic heterocycles. The highest BCUT2D eigenvalue weighted by Crippen LogP contribution is 2.38. The Kier molecular flexibility index (Phi) is 5.60. The third kappa shape index (κ3) is 3.12. The first kappa shape index (κ1) is 16.1. The van der Waals surface area contributed by atoms with E-state index in [0.717, 1.165) is 7.11 Å². The molecule has 0 radical (unpaired) electrons. The van der Waals surface area contributed by atoms with E-state index < -0.39 is 18.2 Å². The Bertz CT molecular complexity index is 472. The summed E-state index contributed by atoms with van der Waals surface area (Å²) in [5.74, 6) is 0.0275. The first-order chi connectivity index (χ1) is 9.49. The SMILES string of the molecule is COC(=O)C(O)C(O)c1cc(OC)c(OC)cc1OC. The number of hydrogen-bond donors (Lipinski definition) is 2. The maximum atomic E-state index is 11.3. The number of carbonyl (C=O) groups is 1. The molecule has 0 heterocycles. The van der Waals surface area contributed by atoms with Crippen LogP contribution in [0.1, 0.15) is 11.7 Å². The second kappa shape index (κ2) is 6.97. The quantitative estimate of drug-likeness (QED) is 0.725. The molecule has 7 nitrogen and oxygen atoms in total. The van der Waals surface area contributed by atoms with Crippen LogP contribution in [0.4, 0.5) is 0 Å². The number of rotatable bonds is 6. The van der Waals surface area contributed by atoms with Gasteiger partial charge in [-0.05, 0) is 6.07 Å². The summed E-state index contributed by atoms with van der Waals surface area (Å²) in [5, 5.41) is 19.8. The van der Waals surface area contributed by atoms with Crippen molar-refractivity contribution in [3.05, 3.63) is 17.7 Å². The van der Waals surface area contributed by atoms with Crippen molar-refractivity contribution >= 4 is 5.97 Å². The van der Waals surface area contributed by atoms with Crippen molar-refractivity contribution < 1.29 is 34.0 Å². The molecule has 7 heteroatoms. The van der Waals surface area contributed by atoms with E-state index in [4.69, 9.17) is 14.2 Å². The van der Waals surface area contributed by atoms with Crippen LogP contribution in [0.15, 0.2) is 12.1 Å². The van der Waals surface area contributed by atoms with E-state index in [9.17, 15) is 15.0 Å². The average molecular weight is 286 g/mol. The Morgan fingerprint density at radius 2 is 1.45 bits per heavy atom. The fourth-order valence-electron chi connectivity index (χ4n) is 1.70. The molecule has 1 aromatic rings. The number of aliphatic hydroxyl groups is 2. The third-order valence-corrected chi connectivity index (χ3v) is 2.80. The zero-order valence-corrected chi connectivity index (χ0v) is 11.7. The lowest BCUT2D eigenvalue weighted by atomic mass is 10.0. The van der Waals surface area contributed by atoms with Crippen LogP contribution >= 0.6 is 0 Å². The van der Waals surface area contributed by atoms with Gasteiger partial charge in [0.05, 0.1) is 28.4 Å². The molecule has 1 aromatic carbocycles. The van der Waals surface area contributed by atoms with Crippen LogP contribution in [0, 0.1) is 0 Å². The van der Waals surface area contributed by atoms with E-state index in [-0.39, 0.29) is 11.3 Å². The number of hydrogen-bond acceptors (Lipinski definition) is 7. The summed E-state index contributed by atoms with van der Waals surface area (Å²) in [6.07, 6.45) is -3.25. The molecule has 0 saturated heterocycles. The lowest BCUT2D eigenvalue weighted by Crippen LogP contribution is -2.29. The number of carbonyl (C=O) groups excluding carboxylic acids is 1. The summed E-state index contributed by atoms with van der Waals surface area (Å²) in [7, 11) is 5.39. The minimum atomic E-state index is -1.73. The molecule has 0 spiro atoms. The van der Waals surface area contributed by atoms with Crippen LogP contribution < -0.4 is 14.2 Å². The highest BCUT2D eigenvalue weighted by molar-refractivity contribution is 5.75. The summed E-state index contributed by atoms with van der Waals surface area (Å²) in [5.41, 5.74) is 0.183. The summed E-state index contributed by atoms with van der Waals surface area (Å²) in [6.45, 7) is 0. The molecule has 0 aliphatic carbocycles. The number of ether oxygens (including phenoxy) is 4. The average Bonchev–Trinajstić information content (AvgIpc) is 2.50. The summed E-state index contributed by atoms with van der Waals surface area (Å²) < 4.78 is 19.7. The zero-order valence-electron chi connectivity index (χ0n) is 11.7.